The summed E-state index contributed by atoms with van der Waals surface area (Å²) in [7, 11) is 1.63. The van der Waals surface area contributed by atoms with E-state index in [4.69, 9.17) is 24.5 Å². The molecule has 1 saturated heterocycles. The molecule has 1 unspecified atom stereocenters. The van der Waals surface area contributed by atoms with Gasteiger partial charge in [-0.1, -0.05) is 18.2 Å². The van der Waals surface area contributed by atoms with Crippen molar-refractivity contribution >= 4 is 17.8 Å². The first-order valence-electron chi connectivity index (χ1n) is 9.67. The van der Waals surface area contributed by atoms with Gasteiger partial charge in [-0.15, -0.1) is 0 Å². The number of amides is 1. The summed E-state index contributed by atoms with van der Waals surface area (Å²) in [5.74, 6) is -2.00. The SMILES string of the molecule is COc1cccc(C(=O)N2CCN(CC3CC=CCC3)CC2)c1.O=C(O)C(=O)O. The molecule has 1 aliphatic carbocycles. The van der Waals surface area contributed by atoms with Gasteiger partial charge in [0, 0.05) is 38.3 Å². The average Bonchev–Trinajstić information content (AvgIpc) is 2.75. The molecular weight excluding hydrogens is 376 g/mol. The smallest absolute Gasteiger partial charge is 0.414 e. The number of piperazine rings is 1. The summed E-state index contributed by atoms with van der Waals surface area (Å²) in [5.41, 5.74) is 0.718. The van der Waals surface area contributed by atoms with E-state index >= 15 is 0 Å². The van der Waals surface area contributed by atoms with Crippen LogP contribution in [0.4, 0.5) is 0 Å². The van der Waals surface area contributed by atoms with Crippen molar-refractivity contribution in [2.24, 2.45) is 5.92 Å². The molecule has 2 N–H and O–H groups in total. The largest absolute Gasteiger partial charge is 0.497 e. The van der Waals surface area contributed by atoms with Crippen molar-refractivity contribution in [2.75, 3.05) is 39.8 Å². The summed E-state index contributed by atoms with van der Waals surface area (Å²) in [4.78, 5) is 35.3. The van der Waals surface area contributed by atoms with Crippen molar-refractivity contribution in [3.63, 3.8) is 0 Å². The quantitative estimate of drug-likeness (QED) is 0.583. The predicted octanol–water partition coefficient (Wildman–Crippen LogP) is 1.96. The highest BCUT2D eigenvalue weighted by Crippen LogP contribution is 2.20. The van der Waals surface area contributed by atoms with E-state index < -0.39 is 11.9 Å². The molecule has 8 heteroatoms. The molecule has 0 spiro atoms. The number of benzene rings is 1. The Balaban J connectivity index is 0.000000438. The molecule has 1 fully saturated rings. The maximum absolute atomic E-state index is 12.6. The zero-order chi connectivity index (χ0) is 21.2. The Kier molecular flexibility index (Phi) is 8.67. The fraction of sp³-hybridized carbons (Fsp3) is 0.476. The molecule has 158 valence electrons. The van der Waals surface area contributed by atoms with Crippen LogP contribution in [0.3, 0.4) is 0 Å². The lowest BCUT2D eigenvalue weighted by atomic mass is 9.94. The molecule has 3 rings (SSSR count). The van der Waals surface area contributed by atoms with Crippen LogP contribution in [0.2, 0.25) is 0 Å². The summed E-state index contributed by atoms with van der Waals surface area (Å²) >= 11 is 0. The lowest BCUT2D eigenvalue weighted by Gasteiger charge is -2.36. The van der Waals surface area contributed by atoms with E-state index in [0.717, 1.165) is 43.4 Å². The summed E-state index contributed by atoms with van der Waals surface area (Å²) in [6, 6.07) is 7.43. The molecule has 0 aromatic heterocycles. The third kappa shape index (κ3) is 7.23. The number of carbonyl (C=O) groups excluding carboxylic acids is 1. The Hall–Kier alpha value is -2.87. The van der Waals surface area contributed by atoms with Gasteiger partial charge in [0.1, 0.15) is 5.75 Å². The molecule has 29 heavy (non-hydrogen) atoms. The van der Waals surface area contributed by atoms with Crippen molar-refractivity contribution in [1.29, 1.82) is 0 Å². The van der Waals surface area contributed by atoms with Crippen molar-refractivity contribution < 1.29 is 29.3 Å². The minimum Gasteiger partial charge on any atom is -0.497 e. The number of hydrogen-bond acceptors (Lipinski definition) is 5. The molecule has 1 atom stereocenters. The number of ether oxygens (including phenoxy) is 1. The fourth-order valence-corrected chi connectivity index (χ4v) is 3.46. The lowest BCUT2D eigenvalue weighted by Crippen LogP contribution is -2.49. The van der Waals surface area contributed by atoms with Crippen LogP contribution in [0.1, 0.15) is 29.6 Å². The normalized spacial score (nSPS) is 19.1. The summed E-state index contributed by atoms with van der Waals surface area (Å²) in [6.07, 6.45) is 8.35. The molecule has 8 nitrogen and oxygen atoms in total. The number of allylic oxidation sites excluding steroid dienone is 2. The topological polar surface area (TPSA) is 107 Å². The second-order valence-electron chi connectivity index (χ2n) is 7.09. The fourth-order valence-electron chi connectivity index (χ4n) is 3.46. The van der Waals surface area contributed by atoms with Gasteiger partial charge in [0.05, 0.1) is 7.11 Å². The van der Waals surface area contributed by atoms with Gasteiger partial charge in [-0.3, -0.25) is 9.69 Å². The van der Waals surface area contributed by atoms with Gasteiger partial charge >= 0.3 is 11.9 Å². The number of carboxylic acid groups (broad SMARTS) is 2. The van der Waals surface area contributed by atoms with E-state index in [9.17, 15) is 4.79 Å². The van der Waals surface area contributed by atoms with Crippen LogP contribution < -0.4 is 4.74 Å². The van der Waals surface area contributed by atoms with E-state index in [0.29, 0.717) is 0 Å². The summed E-state index contributed by atoms with van der Waals surface area (Å²) in [6.45, 7) is 4.77. The molecule has 1 aromatic carbocycles. The average molecular weight is 404 g/mol. The van der Waals surface area contributed by atoms with Crippen molar-refractivity contribution in [1.82, 2.24) is 9.80 Å². The highest BCUT2D eigenvalue weighted by Gasteiger charge is 2.24. The van der Waals surface area contributed by atoms with Gasteiger partial charge in [-0.2, -0.15) is 0 Å². The predicted molar refractivity (Wildman–Crippen MR) is 107 cm³/mol. The molecule has 0 saturated carbocycles. The van der Waals surface area contributed by atoms with Gasteiger partial charge in [0.15, 0.2) is 0 Å². The lowest BCUT2D eigenvalue weighted by molar-refractivity contribution is -0.159. The monoisotopic (exact) mass is 404 g/mol. The van der Waals surface area contributed by atoms with Gasteiger partial charge in [0.25, 0.3) is 5.91 Å². The number of rotatable bonds is 4. The van der Waals surface area contributed by atoms with Crippen LogP contribution in [0.25, 0.3) is 0 Å². The maximum Gasteiger partial charge on any atom is 0.414 e. The molecule has 0 radical (unpaired) electrons. The standard InChI is InChI=1S/C19H26N2O2.C2H2O4/c1-23-18-9-5-8-17(14-18)19(22)21-12-10-20(11-13-21)15-16-6-3-2-4-7-16;3-1(4)2(5)6/h2-3,5,8-9,14,16H,4,6-7,10-13,15H2,1H3;(H,3,4)(H,5,6). The van der Waals surface area contributed by atoms with Gasteiger partial charge in [-0.05, 0) is 43.4 Å². The maximum atomic E-state index is 12.6. The van der Waals surface area contributed by atoms with Crippen molar-refractivity contribution in [3.05, 3.63) is 42.0 Å². The van der Waals surface area contributed by atoms with Gasteiger partial charge in [-0.25, -0.2) is 9.59 Å². The van der Waals surface area contributed by atoms with Crippen LogP contribution in [-0.4, -0.2) is 77.7 Å². The van der Waals surface area contributed by atoms with Crippen LogP contribution in [0, 0.1) is 5.92 Å². The van der Waals surface area contributed by atoms with Gasteiger partial charge < -0.3 is 19.8 Å². The van der Waals surface area contributed by atoms with E-state index in [1.165, 1.54) is 25.8 Å². The number of aliphatic carboxylic acids is 2. The highest BCUT2D eigenvalue weighted by molar-refractivity contribution is 6.27. The minimum absolute atomic E-state index is 0.115. The molecular formula is C21H28N2O6. The van der Waals surface area contributed by atoms with Crippen molar-refractivity contribution in [2.45, 2.75) is 19.3 Å². The Bertz CT molecular complexity index is 728. The second kappa shape index (κ2) is 11.2. The zero-order valence-electron chi connectivity index (χ0n) is 16.6. The van der Waals surface area contributed by atoms with Gasteiger partial charge in [0.2, 0.25) is 0 Å². The van der Waals surface area contributed by atoms with E-state index in [-0.39, 0.29) is 5.91 Å². The molecule has 1 aliphatic heterocycles. The first-order chi connectivity index (χ1) is 13.9. The van der Waals surface area contributed by atoms with E-state index in [1.807, 2.05) is 29.2 Å². The van der Waals surface area contributed by atoms with Crippen LogP contribution in [0.15, 0.2) is 36.4 Å². The van der Waals surface area contributed by atoms with E-state index in [2.05, 4.69) is 17.1 Å². The summed E-state index contributed by atoms with van der Waals surface area (Å²) < 4.78 is 5.21. The number of methoxy groups -OCH3 is 1. The Morgan fingerprint density at radius 1 is 1.07 bits per heavy atom. The van der Waals surface area contributed by atoms with Crippen LogP contribution in [0.5, 0.6) is 5.75 Å². The van der Waals surface area contributed by atoms with Crippen LogP contribution in [-0.2, 0) is 9.59 Å². The number of hydrogen-bond donors (Lipinski definition) is 2. The molecule has 1 amide bonds. The third-order valence-corrected chi connectivity index (χ3v) is 5.05. The third-order valence-electron chi connectivity index (χ3n) is 5.05. The van der Waals surface area contributed by atoms with Crippen molar-refractivity contribution in [3.8, 4) is 5.75 Å². The number of carboxylic acids is 2. The number of nitrogens with zero attached hydrogens (tertiary/aromatic N) is 2. The zero-order valence-corrected chi connectivity index (χ0v) is 16.6. The second-order valence-corrected chi connectivity index (χ2v) is 7.09. The molecule has 0 bridgehead atoms. The highest BCUT2D eigenvalue weighted by atomic mass is 16.5. The van der Waals surface area contributed by atoms with E-state index in [1.54, 1.807) is 7.11 Å². The molecule has 1 aromatic rings. The first-order valence-corrected chi connectivity index (χ1v) is 9.67. The minimum atomic E-state index is -1.82. The Labute approximate surface area is 170 Å². The summed E-state index contributed by atoms with van der Waals surface area (Å²) in [5, 5.41) is 14.8. The van der Waals surface area contributed by atoms with Crippen LogP contribution >= 0.6 is 0 Å². The molecule has 2 aliphatic rings. The Morgan fingerprint density at radius 2 is 1.76 bits per heavy atom. The first kappa shape index (κ1) is 22.4. The number of carbonyl (C=O) groups is 3. The molecule has 1 heterocycles. The Morgan fingerprint density at radius 3 is 2.31 bits per heavy atom.